The van der Waals surface area contributed by atoms with Gasteiger partial charge in [-0.15, -0.1) is 0 Å². The number of rotatable bonds is 10. The minimum atomic E-state index is -0.532. The number of aliphatic hydroxyl groups is 1. The molecule has 0 aliphatic heterocycles. The summed E-state index contributed by atoms with van der Waals surface area (Å²) in [5.74, 6) is 1.83. The molecule has 0 aromatic heterocycles. The zero-order valence-electron chi connectivity index (χ0n) is 18.5. The van der Waals surface area contributed by atoms with Gasteiger partial charge < -0.3 is 20.5 Å². The molecule has 0 saturated heterocycles. The van der Waals surface area contributed by atoms with Crippen molar-refractivity contribution in [1.82, 2.24) is 5.32 Å². The summed E-state index contributed by atoms with van der Waals surface area (Å²) in [6.45, 7) is 8.28. The molecule has 3 N–H and O–H groups in total. The second-order valence-corrected chi connectivity index (χ2v) is 10.0. The molecule has 5 rings (SSSR count). The maximum absolute atomic E-state index is 11.8. The number of carbonyl (C=O) groups is 1. The van der Waals surface area contributed by atoms with Gasteiger partial charge in [0.1, 0.15) is 0 Å². The smallest absolute Gasteiger partial charge is 0.227 e. The van der Waals surface area contributed by atoms with E-state index < -0.39 is 6.10 Å². The third kappa shape index (κ3) is 4.79. The Balaban J connectivity index is 1.15. The molecule has 30 heavy (non-hydrogen) atoms. The van der Waals surface area contributed by atoms with Crippen LogP contribution in [0.3, 0.4) is 0 Å². The van der Waals surface area contributed by atoms with Crippen LogP contribution in [0, 0.1) is 23.2 Å². The maximum Gasteiger partial charge on any atom is 0.227 e. The Morgan fingerprint density at radius 2 is 2.00 bits per heavy atom. The molecule has 1 amide bonds. The van der Waals surface area contributed by atoms with Crippen LogP contribution in [0.15, 0.2) is 35.9 Å². The van der Waals surface area contributed by atoms with E-state index in [2.05, 4.69) is 37.5 Å². The van der Waals surface area contributed by atoms with Gasteiger partial charge in [-0.2, -0.15) is 0 Å². The maximum atomic E-state index is 11.8. The molecule has 0 spiro atoms. The molecule has 4 aliphatic carbocycles. The number of anilines is 1. The van der Waals surface area contributed by atoms with E-state index in [4.69, 9.17) is 4.74 Å². The number of aliphatic hydroxyl groups excluding tert-OH is 1. The highest BCUT2D eigenvalue weighted by Crippen LogP contribution is 2.59. The van der Waals surface area contributed by atoms with Crippen LogP contribution in [0.25, 0.3) is 0 Å². The quantitative estimate of drug-likeness (QED) is 0.507. The van der Waals surface area contributed by atoms with Crippen molar-refractivity contribution < 1.29 is 14.6 Å². The Hall–Kier alpha value is -1.69. The van der Waals surface area contributed by atoms with Crippen LogP contribution in [0.1, 0.15) is 58.1 Å². The highest BCUT2D eigenvalue weighted by atomic mass is 16.5. The monoisotopic (exact) mass is 412 g/mol. The Kier molecular flexibility index (Phi) is 6.33. The molecule has 2 bridgehead atoms. The van der Waals surface area contributed by atoms with Crippen molar-refractivity contribution in [3.8, 4) is 0 Å². The molecule has 0 heterocycles. The summed E-state index contributed by atoms with van der Waals surface area (Å²) in [4.78, 5) is 11.8. The van der Waals surface area contributed by atoms with Crippen molar-refractivity contribution in [1.29, 1.82) is 0 Å². The van der Waals surface area contributed by atoms with Crippen LogP contribution >= 0.6 is 0 Å². The number of hydrogen-bond acceptors (Lipinski definition) is 4. The van der Waals surface area contributed by atoms with Crippen LogP contribution in [0.4, 0.5) is 5.69 Å². The first-order chi connectivity index (χ1) is 14.3. The fourth-order valence-corrected chi connectivity index (χ4v) is 4.89. The lowest BCUT2D eigenvalue weighted by Gasteiger charge is -2.56. The first-order valence-electron chi connectivity index (χ1n) is 11.4. The molecule has 2 fully saturated rings. The zero-order chi connectivity index (χ0) is 21.3. The van der Waals surface area contributed by atoms with Crippen LogP contribution in [0.5, 0.6) is 0 Å². The molecule has 5 nitrogen and oxygen atoms in total. The van der Waals surface area contributed by atoms with Crippen LogP contribution in [-0.2, 0) is 9.53 Å². The van der Waals surface area contributed by atoms with E-state index in [0.717, 1.165) is 30.0 Å². The number of allylic oxidation sites excluding steroid dienone is 1. The average molecular weight is 413 g/mol. The highest BCUT2D eigenvalue weighted by molar-refractivity contribution is 5.94. The minimum Gasteiger partial charge on any atom is -0.389 e. The predicted molar refractivity (Wildman–Crippen MR) is 119 cm³/mol. The van der Waals surface area contributed by atoms with Gasteiger partial charge in [-0.3, -0.25) is 4.79 Å². The van der Waals surface area contributed by atoms with E-state index in [9.17, 15) is 9.90 Å². The molecule has 5 heteroatoms. The molecular formula is C25H36N2O3. The zero-order valence-corrected chi connectivity index (χ0v) is 18.5. The second-order valence-electron chi connectivity index (χ2n) is 10.0. The molecule has 4 unspecified atom stereocenters. The van der Waals surface area contributed by atoms with Crippen molar-refractivity contribution in [2.75, 3.05) is 25.1 Å². The third-order valence-electron chi connectivity index (χ3n) is 7.45. The van der Waals surface area contributed by atoms with Gasteiger partial charge >= 0.3 is 0 Å². The summed E-state index contributed by atoms with van der Waals surface area (Å²) in [5, 5.41) is 16.6. The summed E-state index contributed by atoms with van der Waals surface area (Å²) < 4.78 is 5.84. The van der Waals surface area contributed by atoms with Crippen molar-refractivity contribution in [3.63, 3.8) is 0 Å². The lowest BCUT2D eigenvalue weighted by Crippen LogP contribution is -2.48. The van der Waals surface area contributed by atoms with Gasteiger partial charge in [0, 0.05) is 24.2 Å². The van der Waals surface area contributed by atoms with Gasteiger partial charge in [0.15, 0.2) is 0 Å². The number of ether oxygens (including phenoxy) is 1. The molecule has 1 aromatic carbocycles. The van der Waals surface area contributed by atoms with Crippen molar-refractivity contribution >= 4 is 11.6 Å². The molecular weight excluding hydrogens is 376 g/mol. The Labute approximate surface area is 180 Å². The average Bonchev–Trinajstić information content (AvgIpc) is 3.58. The van der Waals surface area contributed by atoms with Gasteiger partial charge in [0.05, 0.1) is 19.3 Å². The third-order valence-corrected chi connectivity index (χ3v) is 7.45. The topological polar surface area (TPSA) is 70.6 Å². The van der Waals surface area contributed by atoms with E-state index in [1.165, 1.54) is 18.4 Å². The summed E-state index contributed by atoms with van der Waals surface area (Å²) in [5.41, 5.74) is 3.81. The normalized spacial score (nSPS) is 26.3. The SMILES string of the molecule is CC(NCC(O)COCC1=CCC2CC1C2(C)C)c1ccc(NC(=O)C2CC2)cc1. The van der Waals surface area contributed by atoms with Crippen molar-refractivity contribution in [2.24, 2.45) is 23.2 Å². The molecule has 4 atom stereocenters. The molecule has 0 radical (unpaired) electrons. The number of fused-ring (bicyclic) bond motifs is 1. The second kappa shape index (κ2) is 8.81. The largest absolute Gasteiger partial charge is 0.389 e. The summed E-state index contributed by atoms with van der Waals surface area (Å²) >= 11 is 0. The standard InChI is InChI=1S/C25H36N2O3/c1-16(17-7-10-21(11-8-17)27-24(29)18-4-5-18)26-13-22(28)15-30-14-19-6-9-20-12-23(19)25(20,2)3/h6-8,10-11,16,18,20,22-23,26,28H,4-5,9,12-15H2,1-3H3,(H,27,29). The summed E-state index contributed by atoms with van der Waals surface area (Å²) in [6, 6.07) is 8.04. The number of hydrogen-bond donors (Lipinski definition) is 3. The van der Waals surface area contributed by atoms with Gasteiger partial charge in [-0.25, -0.2) is 0 Å². The molecule has 164 valence electrons. The van der Waals surface area contributed by atoms with E-state index in [0.29, 0.717) is 31.1 Å². The Morgan fingerprint density at radius 3 is 2.63 bits per heavy atom. The summed E-state index contributed by atoms with van der Waals surface area (Å²) in [6.07, 6.45) is 6.31. The van der Waals surface area contributed by atoms with Crippen molar-refractivity contribution in [2.45, 2.75) is 58.6 Å². The number of benzene rings is 1. The number of nitrogens with one attached hydrogen (secondary N) is 2. The van der Waals surface area contributed by atoms with Crippen LogP contribution in [0.2, 0.25) is 0 Å². The van der Waals surface area contributed by atoms with Gasteiger partial charge in [0.2, 0.25) is 5.91 Å². The van der Waals surface area contributed by atoms with Gasteiger partial charge in [-0.05, 0) is 73.1 Å². The fraction of sp³-hybridized carbons (Fsp3) is 0.640. The van der Waals surface area contributed by atoms with E-state index >= 15 is 0 Å². The van der Waals surface area contributed by atoms with Gasteiger partial charge in [-0.1, -0.05) is 32.1 Å². The number of amides is 1. The van der Waals surface area contributed by atoms with E-state index in [1.54, 1.807) is 0 Å². The van der Waals surface area contributed by atoms with Crippen LogP contribution in [-0.4, -0.2) is 36.9 Å². The fourth-order valence-electron chi connectivity index (χ4n) is 4.89. The van der Waals surface area contributed by atoms with E-state index in [-0.39, 0.29) is 17.9 Å². The Bertz CT molecular complexity index is 782. The minimum absolute atomic E-state index is 0.113. The van der Waals surface area contributed by atoms with Gasteiger partial charge in [0.25, 0.3) is 0 Å². The molecule has 2 saturated carbocycles. The van der Waals surface area contributed by atoms with E-state index in [1.807, 2.05) is 24.3 Å². The van der Waals surface area contributed by atoms with Crippen LogP contribution < -0.4 is 10.6 Å². The molecule has 1 aromatic rings. The summed E-state index contributed by atoms with van der Waals surface area (Å²) in [7, 11) is 0. The lowest BCUT2D eigenvalue weighted by molar-refractivity contribution is -0.117. The van der Waals surface area contributed by atoms with Crippen molar-refractivity contribution in [3.05, 3.63) is 41.5 Å². The predicted octanol–water partition coefficient (Wildman–Crippen LogP) is 4.06. The Morgan fingerprint density at radius 1 is 1.27 bits per heavy atom. The first-order valence-corrected chi connectivity index (χ1v) is 11.4. The molecule has 4 aliphatic rings. The highest BCUT2D eigenvalue weighted by Gasteiger charge is 2.50. The lowest BCUT2D eigenvalue weighted by atomic mass is 9.49. The number of carbonyl (C=O) groups excluding carboxylic acids is 1. The first kappa shape index (κ1) is 21.5.